The van der Waals surface area contributed by atoms with Gasteiger partial charge in [-0.2, -0.15) is 0 Å². The van der Waals surface area contributed by atoms with E-state index in [4.69, 9.17) is 0 Å². The fourth-order valence-electron chi connectivity index (χ4n) is 1.17. The van der Waals surface area contributed by atoms with Gasteiger partial charge in [0.2, 0.25) is 0 Å². The fraction of sp³-hybridized carbons (Fsp3) is 0.250. The van der Waals surface area contributed by atoms with Gasteiger partial charge in [0.05, 0.1) is 0 Å². The van der Waals surface area contributed by atoms with Gasteiger partial charge in [0, 0.05) is 5.69 Å². The molecular formula is C8H9KN2. The molecule has 1 aromatic carbocycles. The SMILES string of the molecule is CC1[N-]c2ccccc2N1.[K+]. The van der Waals surface area contributed by atoms with Crippen molar-refractivity contribution in [1.29, 1.82) is 0 Å². The Labute approximate surface area is 109 Å². The average molecular weight is 172 g/mol. The van der Waals surface area contributed by atoms with E-state index in [2.05, 4.69) is 10.6 Å². The monoisotopic (exact) mass is 172 g/mol. The summed E-state index contributed by atoms with van der Waals surface area (Å²) in [6.07, 6.45) is 0.248. The molecule has 0 saturated heterocycles. The van der Waals surface area contributed by atoms with E-state index >= 15 is 0 Å². The van der Waals surface area contributed by atoms with Crippen molar-refractivity contribution in [2.75, 3.05) is 5.32 Å². The van der Waals surface area contributed by atoms with Crippen LogP contribution in [0.5, 0.6) is 0 Å². The Bertz CT molecular complexity index is 225. The molecule has 1 aliphatic rings. The van der Waals surface area contributed by atoms with Gasteiger partial charge in [0.25, 0.3) is 0 Å². The van der Waals surface area contributed by atoms with Crippen molar-refractivity contribution >= 4 is 11.4 Å². The van der Waals surface area contributed by atoms with E-state index in [0.29, 0.717) is 0 Å². The molecule has 0 amide bonds. The number of fused-ring (bicyclic) bond motifs is 1. The second kappa shape index (κ2) is 3.91. The van der Waals surface area contributed by atoms with Crippen molar-refractivity contribution in [2.45, 2.75) is 13.1 Å². The molecule has 1 heterocycles. The van der Waals surface area contributed by atoms with Gasteiger partial charge in [-0.05, 0) is 12.2 Å². The standard InChI is InChI=1S/C8H9N2.K/c1-6-9-7-4-2-3-5-8(7)10-6;/h2-6,9H,1H3;/q-1;+1. The van der Waals surface area contributed by atoms with Crippen molar-refractivity contribution in [3.05, 3.63) is 29.6 Å². The van der Waals surface area contributed by atoms with Gasteiger partial charge < -0.3 is 10.6 Å². The molecule has 0 bridgehead atoms. The largest absolute Gasteiger partial charge is 1.00 e. The maximum Gasteiger partial charge on any atom is 1.00 e. The Kier molecular flexibility index (Phi) is 3.40. The van der Waals surface area contributed by atoms with Gasteiger partial charge in [0.15, 0.2) is 0 Å². The van der Waals surface area contributed by atoms with Crippen LogP contribution in [0.15, 0.2) is 24.3 Å². The molecule has 1 atom stereocenters. The molecule has 11 heavy (non-hydrogen) atoms. The van der Waals surface area contributed by atoms with E-state index in [-0.39, 0.29) is 57.6 Å². The van der Waals surface area contributed by atoms with Crippen molar-refractivity contribution in [1.82, 2.24) is 0 Å². The quantitative estimate of drug-likeness (QED) is 0.523. The number of rotatable bonds is 0. The van der Waals surface area contributed by atoms with E-state index in [1.807, 2.05) is 31.2 Å². The van der Waals surface area contributed by atoms with Crippen LogP contribution >= 0.6 is 0 Å². The number of anilines is 1. The minimum absolute atomic E-state index is 0. The van der Waals surface area contributed by atoms with Gasteiger partial charge in [-0.3, -0.25) is 0 Å². The first kappa shape index (κ1) is 9.54. The topological polar surface area (TPSA) is 26.1 Å². The summed E-state index contributed by atoms with van der Waals surface area (Å²) in [5, 5.41) is 7.57. The molecule has 52 valence electrons. The molecule has 0 fully saturated rings. The van der Waals surface area contributed by atoms with Crippen LogP contribution in [0.4, 0.5) is 11.4 Å². The Balaban J connectivity index is 0.000000605. The normalized spacial score (nSPS) is 19.2. The summed E-state index contributed by atoms with van der Waals surface area (Å²) in [4.78, 5) is 0. The molecule has 0 aromatic heterocycles. The maximum atomic E-state index is 4.34. The second-order valence-corrected chi connectivity index (χ2v) is 2.47. The van der Waals surface area contributed by atoms with Crippen LogP contribution in [-0.4, -0.2) is 6.17 Å². The number of benzene rings is 1. The molecule has 2 nitrogen and oxygen atoms in total. The molecular weight excluding hydrogens is 163 g/mol. The van der Waals surface area contributed by atoms with Gasteiger partial charge in [-0.15, -0.1) is 5.69 Å². The predicted octanol–water partition coefficient (Wildman–Crippen LogP) is -0.533. The summed E-state index contributed by atoms with van der Waals surface area (Å²) in [6, 6.07) is 8.08. The van der Waals surface area contributed by atoms with Crippen LogP contribution in [0.25, 0.3) is 5.32 Å². The van der Waals surface area contributed by atoms with Crippen LogP contribution in [-0.2, 0) is 0 Å². The van der Waals surface area contributed by atoms with Gasteiger partial charge >= 0.3 is 51.4 Å². The van der Waals surface area contributed by atoms with Gasteiger partial charge in [0.1, 0.15) is 0 Å². The third-order valence-electron chi connectivity index (χ3n) is 1.60. The Morgan fingerprint density at radius 3 is 2.82 bits per heavy atom. The summed E-state index contributed by atoms with van der Waals surface area (Å²) >= 11 is 0. The summed E-state index contributed by atoms with van der Waals surface area (Å²) in [6.45, 7) is 2.04. The van der Waals surface area contributed by atoms with E-state index in [1.165, 1.54) is 0 Å². The van der Waals surface area contributed by atoms with Crippen molar-refractivity contribution in [3.63, 3.8) is 0 Å². The first-order valence-corrected chi connectivity index (χ1v) is 3.43. The van der Waals surface area contributed by atoms with Crippen LogP contribution in [0.3, 0.4) is 0 Å². The first-order valence-electron chi connectivity index (χ1n) is 3.43. The minimum Gasteiger partial charge on any atom is -0.664 e. The van der Waals surface area contributed by atoms with Crippen molar-refractivity contribution < 1.29 is 51.4 Å². The first-order chi connectivity index (χ1) is 4.86. The Morgan fingerprint density at radius 1 is 1.36 bits per heavy atom. The molecule has 0 spiro atoms. The van der Waals surface area contributed by atoms with E-state index in [9.17, 15) is 0 Å². The molecule has 0 saturated carbocycles. The fourth-order valence-corrected chi connectivity index (χ4v) is 1.17. The predicted molar refractivity (Wildman–Crippen MR) is 42.5 cm³/mol. The number of nitrogens with one attached hydrogen (secondary N) is 1. The zero-order chi connectivity index (χ0) is 6.97. The van der Waals surface area contributed by atoms with E-state index < -0.39 is 0 Å². The third-order valence-corrected chi connectivity index (χ3v) is 1.60. The molecule has 0 aliphatic carbocycles. The number of para-hydroxylation sites is 2. The molecule has 1 N–H and O–H groups in total. The van der Waals surface area contributed by atoms with E-state index in [1.54, 1.807) is 0 Å². The smallest absolute Gasteiger partial charge is 0.664 e. The Hall–Kier alpha value is 0.456. The van der Waals surface area contributed by atoms with Crippen LogP contribution in [0.2, 0.25) is 0 Å². The third kappa shape index (κ3) is 1.98. The molecule has 1 aromatic rings. The zero-order valence-corrected chi connectivity index (χ0v) is 9.96. The summed E-state index contributed by atoms with van der Waals surface area (Å²) in [7, 11) is 0. The molecule has 2 rings (SSSR count). The Morgan fingerprint density at radius 2 is 2.09 bits per heavy atom. The minimum atomic E-state index is 0. The van der Waals surface area contributed by atoms with Crippen molar-refractivity contribution in [3.8, 4) is 0 Å². The van der Waals surface area contributed by atoms with Gasteiger partial charge in [-0.1, -0.05) is 25.1 Å². The maximum absolute atomic E-state index is 4.34. The summed E-state index contributed by atoms with van der Waals surface area (Å²) < 4.78 is 0. The molecule has 1 aliphatic heterocycles. The van der Waals surface area contributed by atoms with Crippen LogP contribution in [0, 0.1) is 0 Å². The second-order valence-electron chi connectivity index (χ2n) is 2.47. The van der Waals surface area contributed by atoms with Crippen LogP contribution in [0.1, 0.15) is 6.92 Å². The van der Waals surface area contributed by atoms with Crippen molar-refractivity contribution in [2.24, 2.45) is 0 Å². The van der Waals surface area contributed by atoms with Crippen LogP contribution < -0.4 is 56.7 Å². The number of hydrogen-bond acceptors (Lipinski definition) is 1. The number of nitrogens with zero attached hydrogens (tertiary/aromatic N) is 1. The molecule has 0 radical (unpaired) electrons. The molecule has 3 heteroatoms. The zero-order valence-electron chi connectivity index (χ0n) is 6.83. The summed E-state index contributed by atoms with van der Waals surface area (Å²) in [5.74, 6) is 0. The number of hydrogen-bond donors (Lipinski definition) is 1. The summed E-state index contributed by atoms with van der Waals surface area (Å²) in [5.41, 5.74) is 2.23. The average Bonchev–Trinajstić information content (AvgIpc) is 2.27. The van der Waals surface area contributed by atoms with Gasteiger partial charge in [-0.25, -0.2) is 0 Å². The molecule has 1 unspecified atom stereocenters. The van der Waals surface area contributed by atoms with E-state index in [0.717, 1.165) is 11.4 Å².